The molecule has 0 unspecified atom stereocenters. The number of aliphatic carboxylic acids is 1. The number of H-pyrrole nitrogens is 1. The molecule has 0 fully saturated rings. The van der Waals surface area contributed by atoms with Gasteiger partial charge in [-0.2, -0.15) is 9.78 Å². The molecule has 0 aliphatic rings. The fourth-order valence-corrected chi connectivity index (χ4v) is 2.26. The van der Waals surface area contributed by atoms with Gasteiger partial charge in [0.2, 0.25) is 11.8 Å². The number of carboxylic acid groups (broad SMARTS) is 1. The van der Waals surface area contributed by atoms with Gasteiger partial charge in [0, 0.05) is 5.56 Å². The van der Waals surface area contributed by atoms with Crippen molar-refractivity contribution in [3.8, 4) is 11.8 Å². The number of aryl methyl sites for hydroxylation is 2. The van der Waals surface area contributed by atoms with Gasteiger partial charge >= 0.3 is 5.97 Å². The van der Waals surface area contributed by atoms with Gasteiger partial charge < -0.3 is 15.2 Å². The maximum atomic E-state index is 10.8. The Morgan fingerprint density at radius 2 is 2.14 bits per heavy atom. The van der Waals surface area contributed by atoms with E-state index in [0.717, 1.165) is 16.6 Å². The van der Waals surface area contributed by atoms with E-state index in [2.05, 4.69) is 15.1 Å². The predicted octanol–water partition coefficient (Wildman–Crippen LogP) is 1.70. The summed E-state index contributed by atoms with van der Waals surface area (Å²) in [5.74, 6) is -0.869. The molecule has 3 N–H and O–H groups in total. The minimum Gasteiger partial charge on any atom is -0.493 e. The van der Waals surface area contributed by atoms with Crippen molar-refractivity contribution in [2.75, 3.05) is 0 Å². The highest BCUT2D eigenvalue weighted by Gasteiger charge is 2.19. The van der Waals surface area contributed by atoms with Crippen LogP contribution in [-0.4, -0.2) is 35.9 Å². The van der Waals surface area contributed by atoms with Crippen molar-refractivity contribution >= 4 is 17.0 Å². The zero-order valence-electron chi connectivity index (χ0n) is 11.6. The zero-order chi connectivity index (χ0) is 15.1. The molecule has 0 bridgehead atoms. The molecular formula is C14H14N4O3. The summed E-state index contributed by atoms with van der Waals surface area (Å²) in [5, 5.41) is 23.2. The van der Waals surface area contributed by atoms with Crippen LogP contribution in [-0.2, 0) is 11.2 Å². The molecule has 2 aromatic heterocycles. The molecule has 108 valence electrons. The van der Waals surface area contributed by atoms with Crippen LogP contribution in [0.4, 0.5) is 0 Å². The molecule has 0 amide bonds. The summed E-state index contributed by atoms with van der Waals surface area (Å²) < 4.78 is 1.23. The first-order valence-electron chi connectivity index (χ1n) is 6.41. The number of nitrogens with zero attached hydrogens (tertiary/aromatic N) is 3. The molecule has 0 aliphatic carbocycles. The Labute approximate surface area is 119 Å². The smallest absolute Gasteiger partial charge is 0.308 e. The van der Waals surface area contributed by atoms with Gasteiger partial charge in [-0.25, -0.2) is 4.98 Å². The summed E-state index contributed by atoms with van der Waals surface area (Å²) >= 11 is 0. The molecular weight excluding hydrogens is 272 g/mol. The number of carboxylic acids is 1. The number of hydrogen-bond acceptors (Lipinski definition) is 4. The zero-order valence-corrected chi connectivity index (χ0v) is 11.6. The molecule has 2 heterocycles. The third-order valence-corrected chi connectivity index (χ3v) is 3.31. The molecule has 7 nitrogen and oxygen atoms in total. The Morgan fingerprint density at radius 3 is 2.86 bits per heavy atom. The van der Waals surface area contributed by atoms with Crippen molar-refractivity contribution in [3.05, 3.63) is 35.0 Å². The van der Waals surface area contributed by atoms with E-state index in [9.17, 15) is 9.90 Å². The second kappa shape index (κ2) is 4.62. The van der Waals surface area contributed by atoms with Crippen molar-refractivity contribution < 1.29 is 15.0 Å². The van der Waals surface area contributed by atoms with Crippen LogP contribution in [0.15, 0.2) is 18.2 Å². The summed E-state index contributed by atoms with van der Waals surface area (Å²) in [6, 6.07) is 5.77. The first-order valence-corrected chi connectivity index (χ1v) is 6.41. The van der Waals surface area contributed by atoms with Gasteiger partial charge in [0.25, 0.3) is 0 Å². The van der Waals surface area contributed by atoms with E-state index >= 15 is 0 Å². The normalized spacial score (nSPS) is 11.1. The number of benzene rings is 1. The second-order valence-electron chi connectivity index (χ2n) is 4.95. The van der Waals surface area contributed by atoms with Crippen molar-refractivity contribution in [2.45, 2.75) is 20.3 Å². The van der Waals surface area contributed by atoms with Gasteiger partial charge in [0.15, 0.2) is 0 Å². The van der Waals surface area contributed by atoms with Gasteiger partial charge in [-0.15, -0.1) is 0 Å². The minimum atomic E-state index is -1.02. The third kappa shape index (κ3) is 2.22. The lowest BCUT2D eigenvalue weighted by atomic mass is 10.2. The minimum absolute atomic E-state index is 0.203. The van der Waals surface area contributed by atoms with Crippen LogP contribution < -0.4 is 0 Å². The van der Waals surface area contributed by atoms with Crippen LogP contribution in [0.1, 0.15) is 16.8 Å². The fraction of sp³-hybridized carbons (Fsp3) is 0.214. The van der Waals surface area contributed by atoms with Gasteiger partial charge in [0.1, 0.15) is 0 Å². The number of imidazole rings is 1. The topological polar surface area (TPSA) is 104 Å². The molecule has 0 atom stereocenters. The van der Waals surface area contributed by atoms with Crippen molar-refractivity contribution in [3.63, 3.8) is 0 Å². The molecule has 3 rings (SSSR count). The van der Waals surface area contributed by atoms with E-state index in [1.165, 1.54) is 4.68 Å². The highest BCUT2D eigenvalue weighted by Crippen LogP contribution is 2.25. The van der Waals surface area contributed by atoms with Crippen LogP contribution >= 0.6 is 0 Å². The lowest BCUT2D eigenvalue weighted by Crippen LogP contribution is -2.01. The molecule has 0 spiro atoms. The Morgan fingerprint density at radius 1 is 1.38 bits per heavy atom. The maximum Gasteiger partial charge on any atom is 0.308 e. The first-order chi connectivity index (χ1) is 9.95. The van der Waals surface area contributed by atoms with E-state index in [4.69, 9.17) is 5.11 Å². The Balaban J connectivity index is 2.12. The number of aromatic amines is 1. The SMILES string of the molecule is Cc1ccc2[nH]c(-n3nc(C)c(CC(=O)O)c3O)nc2c1. The number of carbonyl (C=O) groups is 1. The van der Waals surface area contributed by atoms with E-state index in [0.29, 0.717) is 17.2 Å². The molecule has 0 radical (unpaired) electrons. The quantitative estimate of drug-likeness (QED) is 0.679. The Kier molecular flexibility index (Phi) is 2.90. The monoisotopic (exact) mass is 286 g/mol. The predicted molar refractivity (Wildman–Crippen MR) is 75.7 cm³/mol. The number of rotatable bonds is 3. The van der Waals surface area contributed by atoms with Crippen LogP contribution in [0.2, 0.25) is 0 Å². The van der Waals surface area contributed by atoms with Crippen molar-refractivity contribution in [2.24, 2.45) is 0 Å². The van der Waals surface area contributed by atoms with Gasteiger partial charge in [-0.3, -0.25) is 4.79 Å². The molecule has 21 heavy (non-hydrogen) atoms. The summed E-state index contributed by atoms with van der Waals surface area (Å²) in [4.78, 5) is 18.3. The summed E-state index contributed by atoms with van der Waals surface area (Å²) in [6.45, 7) is 3.62. The average molecular weight is 286 g/mol. The average Bonchev–Trinajstić information content (AvgIpc) is 2.93. The largest absolute Gasteiger partial charge is 0.493 e. The molecule has 0 saturated carbocycles. The van der Waals surface area contributed by atoms with E-state index in [1.807, 2.05) is 25.1 Å². The molecule has 1 aromatic carbocycles. The lowest BCUT2D eigenvalue weighted by Gasteiger charge is -1.98. The Hall–Kier alpha value is -2.83. The standard InChI is InChI=1S/C14H14N4O3/c1-7-3-4-10-11(5-7)16-14(15-10)18-13(21)9(6-12(19)20)8(2)17-18/h3-5,21H,6H2,1-2H3,(H,15,16)(H,19,20). The summed E-state index contributed by atoms with van der Waals surface area (Å²) in [5.41, 5.74) is 3.42. The third-order valence-electron chi connectivity index (χ3n) is 3.31. The maximum absolute atomic E-state index is 10.8. The highest BCUT2D eigenvalue weighted by molar-refractivity contribution is 5.77. The molecule has 7 heteroatoms. The van der Waals surface area contributed by atoms with E-state index in [1.54, 1.807) is 6.92 Å². The van der Waals surface area contributed by atoms with E-state index < -0.39 is 5.97 Å². The highest BCUT2D eigenvalue weighted by atomic mass is 16.4. The first kappa shape index (κ1) is 13.2. The molecule has 3 aromatic rings. The number of aromatic hydroxyl groups is 1. The number of nitrogens with one attached hydrogen (secondary N) is 1. The Bertz CT molecular complexity index is 847. The number of aromatic nitrogens is 4. The van der Waals surface area contributed by atoms with Gasteiger partial charge in [0.05, 0.1) is 23.1 Å². The number of hydrogen-bond donors (Lipinski definition) is 3. The summed E-state index contributed by atoms with van der Waals surface area (Å²) in [6.07, 6.45) is -0.281. The molecule has 0 saturated heterocycles. The van der Waals surface area contributed by atoms with Crippen LogP contribution in [0.5, 0.6) is 5.88 Å². The van der Waals surface area contributed by atoms with Crippen LogP contribution in [0, 0.1) is 13.8 Å². The number of fused-ring (bicyclic) bond motifs is 1. The summed E-state index contributed by atoms with van der Waals surface area (Å²) in [7, 11) is 0. The van der Waals surface area contributed by atoms with E-state index in [-0.39, 0.29) is 12.3 Å². The van der Waals surface area contributed by atoms with Gasteiger partial charge in [-0.1, -0.05) is 6.07 Å². The van der Waals surface area contributed by atoms with Crippen LogP contribution in [0.25, 0.3) is 17.0 Å². The van der Waals surface area contributed by atoms with Crippen molar-refractivity contribution in [1.29, 1.82) is 0 Å². The second-order valence-corrected chi connectivity index (χ2v) is 4.95. The van der Waals surface area contributed by atoms with Crippen molar-refractivity contribution in [1.82, 2.24) is 19.7 Å². The van der Waals surface area contributed by atoms with Gasteiger partial charge in [-0.05, 0) is 31.5 Å². The van der Waals surface area contributed by atoms with Crippen LogP contribution in [0.3, 0.4) is 0 Å². The lowest BCUT2D eigenvalue weighted by molar-refractivity contribution is -0.136. The molecule has 0 aliphatic heterocycles. The fourth-order valence-electron chi connectivity index (χ4n) is 2.26.